The van der Waals surface area contributed by atoms with E-state index in [1.807, 2.05) is 7.05 Å². The largest absolute Gasteiger partial charge is 0.355 e. The minimum absolute atomic E-state index is 0. The molecule has 1 aliphatic heterocycles. The number of rotatable bonds is 5. The number of piperidine rings is 1. The zero-order chi connectivity index (χ0) is 15.9. The molecule has 6 heteroatoms. The van der Waals surface area contributed by atoms with Crippen LogP contribution in [0, 0.1) is 0 Å². The highest BCUT2D eigenvalue weighted by atomic mass is 127. The van der Waals surface area contributed by atoms with Crippen molar-refractivity contribution in [2.45, 2.75) is 65.1 Å². The van der Waals surface area contributed by atoms with Gasteiger partial charge in [0.15, 0.2) is 5.96 Å². The zero-order valence-corrected chi connectivity index (χ0v) is 17.5. The summed E-state index contributed by atoms with van der Waals surface area (Å²) < 4.78 is 0. The molecule has 0 aromatic heterocycles. The highest BCUT2D eigenvalue weighted by Gasteiger charge is 2.21. The summed E-state index contributed by atoms with van der Waals surface area (Å²) in [5.74, 6) is 0.925. The van der Waals surface area contributed by atoms with Crippen molar-refractivity contribution in [3.63, 3.8) is 0 Å². The molecule has 1 aliphatic rings. The molecule has 0 amide bonds. The first kappa shape index (κ1) is 21.9. The van der Waals surface area contributed by atoms with E-state index in [9.17, 15) is 0 Å². The van der Waals surface area contributed by atoms with Crippen LogP contribution in [-0.2, 0) is 0 Å². The van der Waals surface area contributed by atoms with Crippen molar-refractivity contribution in [2.24, 2.45) is 4.99 Å². The second-order valence-corrected chi connectivity index (χ2v) is 7.22. The van der Waals surface area contributed by atoms with E-state index in [0.717, 1.165) is 19.0 Å². The molecule has 132 valence electrons. The highest BCUT2D eigenvalue weighted by Crippen LogP contribution is 2.12. The maximum absolute atomic E-state index is 4.32. The number of nitrogens with zero attached hydrogens (tertiary/aromatic N) is 2. The summed E-state index contributed by atoms with van der Waals surface area (Å²) in [6, 6.07) is 1.20. The third kappa shape index (κ3) is 9.15. The summed E-state index contributed by atoms with van der Waals surface area (Å²) >= 11 is 0. The molecule has 1 heterocycles. The fraction of sp³-hybridized carbons (Fsp3) is 0.938. The summed E-state index contributed by atoms with van der Waals surface area (Å²) in [7, 11) is 1.84. The molecule has 5 nitrogen and oxygen atoms in total. The Bertz CT molecular complexity index is 317. The van der Waals surface area contributed by atoms with Crippen LogP contribution in [0.2, 0.25) is 0 Å². The van der Waals surface area contributed by atoms with Crippen LogP contribution in [0.3, 0.4) is 0 Å². The van der Waals surface area contributed by atoms with Gasteiger partial charge in [0.25, 0.3) is 0 Å². The van der Waals surface area contributed by atoms with Gasteiger partial charge in [-0.2, -0.15) is 0 Å². The van der Waals surface area contributed by atoms with Gasteiger partial charge in [0, 0.05) is 50.8 Å². The van der Waals surface area contributed by atoms with Crippen molar-refractivity contribution in [1.82, 2.24) is 20.9 Å². The Labute approximate surface area is 154 Å². The predicted octanol–water partition coefficient (Wildman–Crippen LogP) is 2.03. The SMILES string of the molecule is CN=C(NCCNC(C)(C)C)NC1CCN(C(C)C)CC1.I. The van der Waals surface area contributed by atoms with E-state index < -0.39 is 0 Å². The van der Waals surface area contributed by atoms with Crippen LogP contribution in [-0.4, -0.2) is 61.7 Å². The fourth-order valence-electron chi connectivity index (χ4n) is 2.57. The van der Waals surface area contributed by atoms with Gasteiger partial charge in [0.05, 0.1) is 0 Å². The van der Waals surface area contributed by atoms with Crippen molar-refractivity contribution in [3.8, 4) is 0 Å². The van der Waals surface area contributed by atoms with E-state index in [2.05, 4.69) is 60.5 Å². The Morgan fingerprint density at radius 2 is 1.77 bits per heavy atom. The second-order valence-electron chi connectivity index (χ2n) is 7.22. The van der Waals surface area contributed by atoms with Crippen molar-refractivity contribution in [2.75, 3.05) is 33.2 Å². The minimum atomic E-state index is 0. The molecule has 0 saturated carbocycles. The third-order valence-electron chi connectivity index (χ3n) is 3.90. The number of hydrogen-bond donors (Lipinski definition) is 3. The standard InChI is InChI=1S/C16H35N5.HI/c1-13(2)21-11-7-14(8-12-21)20-15(17-6)18-9-10-19-16(3,4)5;/h13-14,19H,7-12H2,1-6H3,(H2,17,18,20);1H. The fourth-order valence-corrected chi connectivity index (χ4v) is 2.57. The summed E-state index contributed by atoms with van der Waals surface area (Å²) in [5, 5.41) is 10.4. The first-order valence-corrected chi connectivity index (χ1v) is 8.28. The number of likely N-dealkylation sites (tertiary alicyclic amines) is 1. The van der Waals surface area contributed by atoms with Gasteiger partial charge in [-0.3, -0.25) is 4.99 Å². The van der Waals surface area contributed by atoms with E-state index in [1.54, 1.807) is 0 Å². The Balaban J connectivity index is 0.00000441. The highest BCUT2D eigenvalue weighted by molar-refractivity contribution is 14.0. The normalized spacial score (nSPS) is 18.2. The molecule has 0 atom stereocenters. The van der Waals surface area contributed by atoms with E-state index in [4.69, 9.17) is 0 Å². The van der Waals surface area contributed by atoms with Gasteiger partial charge >= 0.3 is 0 Å². The molecule has 3 N–H and O–H groups in total. The lowest BCUT2D eigenvalue weighted by Gasteiger charge is -2.35. The van der Waals surface area contributed by atoms with Gasteiger partial charge in [-0.25, -0.2) is 0 Å². The molecular formula is C16H36IN5. The number of hydrogen-bond acceptors (Lipinski definition) is 3. The third-order valence-corrected chi connectivity index (χ3v) is 3.90. The molecule has 0 radical (unpaired) electrons. The summed E-state index contributed by atoms with van der Waals surface area (Å²) in [4.78, 5) is 6.87. The molecule has 0 aromatic carbocycles. The topological polar surface area (TPSA) is 51.7 Å². The van der Waals surface area contributed by atoms with Crippen molar-refractivity contribution in [3.05, 3.63) is 0 Å². The molecule has 0 unspecified atom stereocenters. The maximum Gasteiger partial charge on any atom is 0.191 e. The second kappa shape index (κ2) is 10.6. The van der Waals surface area contributed by atoms with Gasteiger partial charge in [-0.15, -0.1) is 24.0 Å². The average molecular weight is 425 g/mol. The Kier molecular flexibility index (Phi) is 10.6. The van der Waals surface area contributed by atoms with Gasteiger partial charge < -0.3 is 20.9 Å². The van der Waals surface area contributed by atoms with Gasteiger partial charge in [-0.1, -0.05) is 0 Å². The van der Waals surface area contributed by atoms with Crippen LogP contribution in [0.4, 0.5) is 0 Å². The van der Waals surface area contributed by atoms with Gasteiger partial charge in [-0.05, 0) is 47.5 Å². The van der Waals surface area contributed by atoms with Crippen molar-refractivity contribution < 1.29 is 0 Å². The van der Waals surface area contributed by atoms with Crippen LogP contribution in [0.15, 0.2) is 4.99 Å². The number of nitrogens with one attached hydrogen (secondary N) is 3. The van der Waals surface area contributed by atoms with Crippen LogP contribution in [0.5, 0.6) is 0 Å². The number of halogens is 1. The van der Waals surface area contributed by atoms with Crippen molar-refractivity contribution in [1.29, 1.82) is 0 Å². The first-order valence-electron chi connectivity index (χ1n) is 8.28. The maximum atomic E-state index is 4.32. The molecule has 0 aromatic rings. The lowest BCUT2D eigenvalue weighted by Crippen LogP contribution is -2.51. The molecule has 1 fully saturated rings. The Morgan fingerprint density at radius 3 is 2.23 bits per heavy atom. The van der Waals surface area contributed by atoms with Crippen LogP contribution >= 0.6 is 24.0 Å². The molecule has 1 rings (SSSR count). The summed E-state index contributed by atoms with van der Waals surface area (Å²) in [5.41, 5.74) is 0.169. The van der Waals surface area contributed by atoms with E-state index in [-0.39, 0.29) is 29.5 Å². The molecule has 1 saturated heterocycles. The number of guanidine groups is 1. The quantitative estimate of drug-likeness (QED) is 0.273. The minimum Gasteiger partial charge on any atom is -0.355 e. The molecular weight excluding hydrogens is 389 g/mol. The smallest absolute Gasteiger partial charge is 0.191 e. The monoisotopic (exact) mass is 425 g/mol. The Morgan fingerprint density at radius 1 is 1.18 bits per heavy atom. The lowest BCUT2D eigenvalue weighted by molar-refractivity contribution is 0.167. The van der Waals surface area contributed by atoms with E-state index in [0.29, 0.717) is 12.1 Å². The van der Waals surface area contributed by atoms with Gasteiger partial charge in [0.2, 0.25) is 0 Å². The van der Waals surface area contributed by atoms with Crippen LogP contribution in [0.25, 0.3) is 0 Å². The van der Waals surface area contributed by atoms with E-state index >= 15 is 0 Å². The van der Waals surface area contributed by atoms with Gasteiger partial charge in [0.1, 0.15) is 0 Å². The summed E-state index contributed by atoms with van der Waals surface area (Å²) in [6.45, 7) is 15.3. The van der Waals surface area contributed by atoms with Crippen molar-refractivity contribution >= 4 is 29.9 Å². The number of aliphatic imine (C=N–C) groups is 1. The molecule has 0 bridgehead atoms. The zero-order valence-electron chi connectivity index (χ0n) is 15.2. The van der Waals surface area contributed by atoms with E-state index in [1.165, 1.54) is 25.9 Å². The molecule has 0 spiro atoms. The molecule has 22 heavy (non-hydrogen) atoms. The summed E-state index contributed by atoms with van der Waals surface area (Å²) in [6.07, 6.45) is 2.39. The predicted molar refractivity (Wildman–Crippen MR) is 107 cm³/mol. The Hall–Kier alpha value is -0.0800. The van der Waals surface area contributed by atoms with Crippen LogP contribution < -0.4 is 16.0 Å². The first-order chi connectivity index (χ1) is 9.81. The molecule has 0 aliphatic carbocycles. The lowest BCUT2D eigenvalue weighted by atomic mass is 10.0. The average Bonchev–Trinajstić information content (AvgIpc) is 2.41. The van der Waals surface area contributed by atoms with Crippen LogP contribution in [0.1, 0.15) is 47.5 Å².